The number of hydrogen-bond donors (Lipinski definition) is 2. The fraction of sp³-hybridized carbons (Fsp3) is 0.550. The fourth-order valence-corrected chi connectivity index (χ4v) is 2.72. The molecule has 7 heteroatoms. The average Bonchev–Trinajstić information content (AvgIpc) is 2.63. The van der Waals surface area contributed by atoms with Crippen LogP contribution in [0.3, 0.4) is 0 Å². The minimum atomic E-state index is -0.771. The lowest BCUT2D eigenvalue weighted by molar-refractivity contribution is -0.126. The van der Waals surface area contributed by atoms with Crippen LogP contribution in [0.25, 0.3) is 0 Å². The van der Waals surface area contributed by atoms with Gasteiger partial charge in [-0.3, -0.25) is 4.79 Å². The van der Waals surface area contributed by atoms with E-state index in [-0.39, 0.29) is 18.4 Å². The lowest BCUT2D eigenvalue weighted by Crippen LogP contribution is -2.50. The van der Waals surface area contributed by atoms with Gasteiger partial charge < -0.3 is 20.2 Å². The minimum absolute atomic E-state index is 0.00892. The number of ether oxygens (including phenoxy) is 1. The van der Waals surface area contributed by atoms with Gasteiger partial charge in [0.25, 0.3) is 0 Å². The second-order valence-electron chi connectivity index (χ2n) is 6.89. The van der Waals surface area contributed by atoms with Crippen LogP contribution in [0.1, 0.15) is 52.0 Å². The van der Waals surface area contributed by atoms with E-state index in [4.69, 9.17) is 16.3 Å². The molecule has 2 N–H and O–H groups in total. The van der Waals surface area contributed by atoms with Crippen LogP contribution in [0.15, 0.2) is 24.3 Å². The van der Waals surface area contributed by atoms with E-state index in [1.807, 2.05) is 20.8 Å². The summed E-state index contributed by atoms with van der Waals surface area (Å²) in [5.41, 5.74) is 0.680. The summed E-state index contributed by atoms with van der Waals surface area (Å²) < 4.78 is 5.18. The number of aldehydes is 1. The van der Waals surface area contributed by atoms with E-state index >= 15 is 0 Å². The second-order valence-corrected chi connectivity index (χ2v) is 7.29. The number of amides is 2. The molecule has 0 unspecified atom stereocenters. The van der Waals surface area contributed by atoms with Crippen molar-refractivity contribution in [3.8, 4) is 0 Å². The average molecular weight is 397 g/mol. The monoisotopic (exact) mass is 396 g/mol. The van der Waals surface area contributed by atoms with Gasteiger partial charge in [0.1, 0.15) is 18.9 Å². The first-order chi connectivity index (χ1) is 12.9. The number of halogens is 1. The van der Waals surface area contributed by atoms with Gasteiger partial charge in [-0.05, 0) is 24.8 Å². The van der Waals surface area contributed by atoms with Crippen molar-refractivity contribution in [2.24, 2.45) is 5.92 Å². The minimum Gasteiger partial charge on any atom is -0.445 e. The molecule has 0 spiro atoms. The molecule has 0 bridgehead atoms. The van der Waals surface area contributed by atoms with Crippen LogP contribution < -0.4 is 10.6 Å². The summed E-state index contributed by atoms with van der Waals surface area (Å²) in [6.07, 6.45) is 2.82. The summed E-state index contributed by atoms with van der Waals surface area (Å²) in [4.78, 5) is 35.8. The lowest BCUT2D eigenvalue weighted by atomic mass is 10.0. The molecular weight excluding hydrogens is 368 g/mol. The summed E-state index contributed by atoms with van der Waals surface area (Å²) in [6, 6.07) is 5.74. The van der Waals surface area contributed by atoms with Crippen molar-refractivity contribution in [2.75, 3.05) is 0 Å². The van der Waals surface area contributed by atoms with Crippen LogP contribution in [0.2, 0.25) is 5.02 Å². The third-order valence-electron chi connectivity index (χ3n) is 3.99. The first-order valence-corrected chi connectivity index (χ1v) is 9.67. The van der Waals surface area contributed by atoms with Crippen molar-refractivity contribution in [3.05, 3.63) is 34.9 Å². The smallest absolute Gasteiger partial charge is 0.408 e. The number of benzene rings is 1. The molecule has 0 aromatic heterocycles. The maximum Gasteiger partial charge on any atom is 0.408 e. The molecule has 0 saturated carbocycles. The van der Waals surface area contributed by atoms with Crippen molar-refractivity contribution >= 4 is 29.9 Å². The van der Waals surface area contributed by atoms with E-state index in [9.17, 15) is 14.4 Å². The normalized spacial score (nSPS) is 12.9. The molecule has 27 heavy (non-hydrogen) atoms. The predicted octanol–water partition coefficient (Wildman–Crippen LogP) is 3.85. The Morgan fingerprint density at radius 1 is 1.22 bits per heavy atom. The maximum atomic E-state index is 12.5. The largest absolute Gasteiger partial charge is 0.445 e. The molecule has 1 aromatic rings. The second kappa shape index (κ2) is 12.3. The van der Waals surface area contributed by atoms with Crippen molar-refractivity contribution < 1.29 is 19.1 Å². The highest BCUT2D eigenvalue weighted by Gasteiger charge is 2.24. The van der Waals surface area contributed by atoms with Crippen molar-refractivity contribution in [1.82, 2.24) is 10.6 Å². The molecule has 0 aliphatic heterocycles. The molecule has 0 heterocycles. The number of nitrogens with one attached hydrogen (secondary N) is 2. The molecule has 0 radical (unpaired) electrons. The van der Waals surface area contributed by atoms with Crippen LogP contribution in [0.4, 0.5) is 4.79 Å². The molecule has 2 amide bonds. The first kappa shape index (κ1) is 23.0. The van der Waals surface area contributed by atoms with E-state index in [0.29, 0.717) is 23.4 Å². The highest BCUT2D eigenvalue weighted by molar-refractivity contribution is 6.31. The van der Waals surface area contributed by atoms with Crippen molar-refractivity contribution in [3.63, 3.8) is 0 Å². The Hall–Kier alpha value is -2.08. The van der Waals surface area contributed by atoms with Crippen molar-refractivity contribution in [2.45, 2.75) is 65.1 Å². The lowest BCUT2D eigenvalue weighted by Gasteiger charge is -2.22. The molecule has 6 nitrogen and oxygen atoms in total. The highest BCUT2D eigenvalue weighted by atomic mass is 35.5. The Morgan fingerprint density at radius 2 is 1.93 bits per heavy atom. The van der Waals surface area contributed by atoms with Gasteiger partial charge in [-0.1, -0.05) is 63.4 Å². The molecule has 0 aliphatic carbocycles. The van der Waals surface area contributed by atoms with Crippen LogP contribution in [-0.4, -0.2) is 30.4 Å². The topological polar surface area (TPSA) is 84.5 Å². The predicted molar refractivity (Wildman–Crippen MR) is 106 cm³/mol. The van der Waals surface area contributed by atoms with Crippen LogP contribution in [0.5, 0.6) is 0 Å². The van der Waals surface area contributed by atoms with Gasteiger partial charge in [0.05, 0.1) is 6.04 Å². The number of carbonyl (C=O) groups excluding carboxylic acids is 3. The molecule has 2 atom stereocenters. The molecular formula is C20H29ClN2O4. The number of alkyl carbamates (subject to hydrolysis) is 1. The summed E-state index contributed by atoms with van der Waals surface area (Å²) >= 11 is 6.04. The van der Waals surface area contributed by atoms with Gasteiger partial charge in [0, 0.05) is 10.6 Å². The molecule has 0 aliphatic rings. The van der Waals surface area contributed by atoms with Gasteiger partial charge >= 0.3 is 6.09 Å². The van der Waals surface area contributed by atoms with Gasteiger partial charge in [-0.25, -0.2) is 4.79 Å². The molecule has 0 fully saturated rings. The Labute approximate surface area is 166 Å². The zero-order chi connectivity index (χ0) is 20.2. The summed E-state index contributed by atoms with van der Waals surface area (Å²) in [7, 11) is 0. The zero-order valence-corrected chi connectivity index (χ0v) is 16.9. The Balaban J connectivity index is 2.64. The fourth-order valence-electron chi connectivity index (χ4n) is 2.53. The maximum absolute atomic E-state index is 12.5. The SMILES string of the molecule is CCCC[C@@H](C=O)NC(=O)[C@H](CC(C)C)NC(=O)OCc1ccccc1Cl. The van der Waals surface area contributed by atoms with E-state index in [1.54, 1.807) is 24.3 Å². The highest BCUT2D eigenvalue weighted by Crippen LogP contribution is 2.16. The van der Waals surface area contributed by atoms with Gasteiger partial charge in [-0.2, -0.15) is 0 Å². The third kappa shape index (κ3) is 8.91. The molecule has 1 rings (SSSR count). The Morgan fingerprint density at radius 3 is 2.52 bits per heavy atom. The number of unbranched alkanes of at least 4 members (excludes halogenated alkanes) is 1. The summed E-state index contributed by atoms with van der Waals surface area (Å²) in [5.74, 6) is -0.207. The van der Waals surface area contributed by atoms with Gasteiger partial charge in [0.15, 0.2) is 0 Å². The van der Waals surface area contributed by atoms with Crippen LogP contribution in [0, 0.1) is 5.92 Å². The molecule has 1 aromatic carbocycles. The van der Waals surface area contributed by atoms with Crippen LogP contribution in [-0.2, 0) is 20.9 Å². The molecule has 150 valence electrons. The zero-order valence-electron chi connectivity index (χ0n) is 16.2. The van der Waals surface area contributed by atoms with E-state index in [0.717, 1.165) is 19.1 Å². The first-order valence-electron chi connectivity index (χ1n) is 9.29. The standard InChI is InChI=1S/C20H29ClN2O4/c1-4-5-9-16(12-24)22-19(25)18(11-14(2)3)23-20(26)27-13-15-8-6-7-10-17(15)21/h6-8,10,12,14,16,18H,4-5,9,11,13H2,1-3H3,(H,22,25)(H,23,26)/t16-,18-/m0/s1. The third-order valence-corrected chi connectivity index (χ3v) is 4.36. The summed E-state index contributed by atoms with van der Waals surface area (Å²) in [5, 5.41) is 5.79. The number of hydrogen-bond acceptors (Lipinski definition) is 4. The van der Waals surface area contributed by atoms with Gasteiger partial charge in [0.2, 0.25) is 5.91 Å². The number of rotatable bonds is 11. The van der Waals surface area contributed by atoms with Gasteiger partial charge in [-0.15, -0.1) is 0 Å². The quantitative estimate of drug-likeness (QED) is 0.556. The summed E-state index contributed by atoms with van der Waals surface area (Å²) in [6.45, 7) is 5.92. The van der Waals surface area contributed by atoms with E-state index < -0.39 is 18.2 Å². The Bertz CT molecular complexity index is 622. The Kier molecular flexibility index (Phi) is 10.5. The molecule has 0 saturated heterocycles. The van der Waals surface area contributed by atoms with Crippen molar-refractivity contribution in [1.29, 1.82) is 0 Å². The van der Waals surface area contributed by atoms with E-state index in [1.165, 1.54) is 0 Å². The van der Waals surface area contributed by atoms with Crippen LogP contribution >= 0.6 is 11.6 Å². The van der Waals surface area contributed by atoms with E-state index in [2.05, 4.69) is 10.6 Å². The number of carbonyl (C=O) groups is 3.